The van der Waals surface area contributed by atoms with E-state index in [4.69, 9.17) is 11.6 Å². The van der Waals surface area contributed by atoms with Gasteiger partial charge < -0.3 is 4.90 Å². The number of rotatable bonds is 2. The van der Waals surface area contributed by atoms with Gasteiger partial charge in [-0.05, 0) is 40.5 Å². The Morgan fingerprint density at radius 1 is 1.00 bits per heavy atom. The third-order valence-electron chi connectivity index (χ3n) is 3.49. The zero-order valence-corrected chi connectivity index (χ0v) is 12.4. The van der Waals surface area contributed by atoms with Gasteiger partial charge in [0.05, 0.1) is 10.7 Å². The summed E-state index contributed by atoms with van der Waals surface area (Å²) in [5.41, 5.74) is 5.94. The molecule has 0 saturated carbocycles. The number of hydrogen-bond acceptors (Lipinski definition) is 1. The van der Waals surface area contributed by atoms with Crippen molar-refractivity contribution in [1.82, 2.24) is 0 Å². The van der Waals surface area contributed by atoms with Crippen LogP contribution in [-0.4, -0.2) is 14.1 Å². The Bertz CT molecular complexity index is 711. The van der Waals surface area contributed by atoms with Crippen LogP contribution in [0.3, 0.4) is 0 Å². The van der Waals surface area contributed by atoms with Gasteiger partial charge in [-0.3, -0.25) is 0 Å². The van der Waals surface area contributed by atoms with Crippen LogP contribution in [0.2, 0.25) is 5.02 Å². The van der Waals surface area contributed by atoms with Gasteiger partial charge in [0.2, 0.25) is 0 Å². The average molecular weight is 282 g/mol. The summed E-state index contributed by atoms with van der Waals surface area (Å²) in [7, 11) is 3.99. The van der Waals surface area contributed by atoms with E-state index >= 15 is 0 Å². The van der Waals surface area contributed by atoms with Crippen molar-refractivity contribution >= 4 is 35.0 Å². The van der Waals surface area contributed by atoms with E-state index in [0.717, 1.165) is 16.3 Å². The molecule has 2 aromatic carbocycles. The second-order valence-electron chi connectivity index (χ2n) is 5.13. The summed E-state index contributed by atoms with van der Waals surface area (Å²) in [5, 5.41) is 0.777. The largest absolute Gasteiger partial charge is 0.376 e. The molecule has 2 heteroatoms. The highest BCUT2D eigenvalue weighted by Gasteiger charge is 2.09. The number of nitrogens with zero attached hydrogens (tertiary/aromatic N) is 1. The lowest BCUT2D eigenvalue weighted by atomic mass is 10.0. The highest BCUT2D eigenvalue weighted by Crippen LogP contribution is 2.32. The van der Waals surface area contributed by atoms with Crippen LogP contribution in [0.25, 0.3) is 17.7 Å². The van der Waals surface area contributed by atoms with Crippen LogP contribution in [0.5, 0.6) is 0 Å². The maximum Gasteiger partial charge on any atom is 0.0645 e. The van der Waals surface area contributed by atoms with Gasteiger partial charge in [0.25, 0.3) is 0 Å². The van der Waals surface area contributed by atoms with E-state index < -0.39 is 0 Å². The second kappa shape index (κ2) is 5.18. The highest BCUT2D eigenvalue weighted by molar-refractivity contribution is 6.33. The number of anilines is 1. The minimum atomic E-state index is 0.777. The Balaban J connectivity index is 1.98. The maximum atomic E-state index is 6.32. The van der Waals surface area contributed by atoms with Gasteiger partial charge in [0.15, 0.2) is 0 Å². The molecule has 0 aromatic heterocycles. The van der Waals surface area contributed by atoms with E-state index in [0.29, 0.717) is 0 Å². The molecule has 0 N–H and O–H groups in total. The predicted molar refractivity (Wildman–Crippen MR) is 89.1 cm³/mol. The summed E-state index contributed by atoms with van der Waals surface area (Å²) in [6, 6.07) is 14.6. The molecular formula is C18H16ClN. The molecule has 0 unspecified atom stereocenters. The monoisotopic (exact) mass is 281 g/mol. The molecule has 100 valence electrons. The van der Waals surface area contributed by atoms with Crippen molar-refractivity contribution in [3.8, 4) is 0 Å². The third-order valence-corrected chi connectivity index (χ3v) is 3.79. The Hall–Kier alpha value is -1.99. The van der Waals surface area contributed by atoms with Crippen LogP contribution < -0.4 is 4.90 Å². The van der Waals surface area contributed by atoms with Crippen molar-refractivity contribution in [2.45, 2.75) is 0 Å². The lowest BCUT2D eigenvalue weighted by molar-refractivity contribution is 1.13. The Morgan fingerprint density at radius 2 is 1.80 bits per heavy atom. The van der Waals surface area contributed by atoms with E-state index in [2.05, 4.69) is 54.6 Å². The van der Waals surface area contributed by atoms with Crippen molar-refractivity contribution < 1.29 is 0 Å². The van der Waals surface area contributed by atoms with Crippen molar-refractivity contribution in [2.75, 3.05) is 19.0 Å². The molecule has 0 spiro atoms. The first kappa shape index (κ1) is 13.0. The van der Waals surface area contributed by atoms with Crippen LogP contribution in [-0.2, 0) is 0 Å². The quantitative estimate of drug-likeness (QED) is 0.751. The third kappa shape index (κ3) is 2.37. The molecular weight excluding hydrogens is 266 g/mol. The average Bonchev–Trinajstić information content (AvgIpc) is 2.82. The molecule has 0 fully saturated rings. The van der Waals surface area contributed by atoms with Gasteiger partial charge in [-0.15, -0.1) is 0 Å². The molecule has 0 saturated heterocycles. The van der Waals surface area contributed by atoms with Crippen LogP contribution in [0.15, 0.2) is 48.5 Å². The molecule has 1 nitrogen and oxygen atoms in total. The summed E-state index contributed by atoms with van der Waals surface area (Å²) in [6.07, 6.45) is 6.48. The zero-order valence-electron chi connectivity index (χ0n) is 11.6. The molecule has 0 amide bonds. The van der Waals surface area contributed by atoms with Crippen molar-refractivity contribution in [2.24, 2.45) is 0 Å². The molecule has 0 bridgehead atoms. The van der Waals surface area contributed by atoms with Crippen molar-refractivity contribution in [3.63, 3.8) is 0 Å². The summed E-state index contributed by atoms with van der Waals surface area (Å²) in [4.78, 5) is 2.02. The number of allylic oxidation sites excluding steroid dienone is 2. The fourth-order valence-electron chi connectivity index (χ4n) is 2.46. The van der Waals surface area contributed by atoms with Gasteiger partial charge in [-0.25, -0.2) is 0 Å². The lowest BCUT2D eigenvalue weighted by Gasteiger charge is -2.14. The minimum Gasteiger partial charge on any atom is -0.376 e. The summed E-state index contributed by atoms with van der Waals surface area (Å²) in [5.74, 6) is 0. The first-order chi connectivity index (χ1) is 9.65. The number of benzene rings is 2. The summed E-state index contributed by atoms with van der Waals surface area (Å²) in [6.45, 7) is 0. The molecule has 3 rings (SSSR count). The van der Waals surface area contributed by atoms with Crippen molar-refractivity contribution in [3.05, 3.63) is 70.3 Å². The van der Waals surface area contributed by atoms with Gasteiger partial charge >= 0.3 is 0 Å². The molecule has 20 heavy (non-hydrogen) atoms. The second-order valence-corrected chi connectivity index (χ2v) is 5.53. The molecule has 1 aliphatic carbocycles. The molecule has 0 radical (unpaired) electrons. The molecule has 1 aliphatic rings. The van der Waals surface area contributed by atoms with Crippen LogP contribution in [0.4, 0.5) is 5.69 Å². The number of hydrogen-bond donors (Lipinski definition) is 0. The summed E-state index contributed by atoms with van der Waals surface area (Å²) < 4.78 is 0. The van der Waals surface area contributed by atoms with Gasteiger partial charge in [0, 0.05) is 14.1 Å². The minimum absolute atomic E-state index is 0.777. The number of halogens is 1. The smallest absolute Gasteiger partial charge is 0.0645 e. The van der Waals surface area contributed by atoms with E-state index in [-0.39, 0.29) is 0 Å². The highest BCUT2D eigenvalue weighted by atomic mass is 35.5. The molecule has 0 heterocycles. The zero-order chi connectivity index (χ0) is 14.1. The Labute approximate surface area is 124 Å². The van der Waals surface area contributed by atoms with E-state index in [9.17, 15) is 0 Å². The molecule has 0 atom stereocenters. The normalized spacial score (nSPS) is 14.7. The van der Waals surface area contributed by atoms with E-state index in [1.165, 1.54) is 16.7 Å². The maximum absolute atomic E-state index is 6.32. The fraction of sp³-hybridized carbons (Fsp3) is 0.111. The van der Waals surface area contributed by atoms with Gasteiger partial charge in [0.1, 0.15) is 0 Å². The van der Waals surface area contributed by atoms with Crippen LogP contribution in [0.1, 0.15) is 16.7 Å². The SMILES string of the molecule is CN(C)c1ccc(/C=C2/C=Cc3ccccc32)cc1Cl. The summed E-state index contributed by atoms with van der Waals surface area (Å²) >= 11 is 6.32. The van der Waals surface area contributed by atoms with Gasteiger partial charge in [-0.2, -0.15) is 0 Å². The van der Waals surface area contributed by atoms with E-state index in [1.54, 1.807) is 0 Å². The fourth-order valence-corrected chi connectivity index (χ4v) is 2.81. The van der Waals surface area contributed by atoms with Crippen molar-refractivity contribution in [1.29, 1.82) is 0 Å². The van der Waals surface area contributed by atoms with Crippen LogP contribution >= 0.6 is 11.6 Å². The van der Waals surface area contributed by atoms with Gasteiger partial charge in [-0.1, -0.05) is 54.1 Å². The Kier molecular flexibility index (Phi) is 3.37. The number of fused-ring (bicyclic) bond motifs is 1. The first-order valence-electron chi connectivity index (χ1n) is 6.61. The Morgan fingerprint density at radius 3 is 2.55 bits per heavy atom. The topological polar surface area (TPSA) is 3.24 Å². The van der Waals surface area contributed by atoms with E-state index in [1.807, 2.05) is 25.1 Å². The molecule has 2 aromatic rings. The standard InChI is InChI=1S/C18H16ClN/c1-20(2)18-10-7-13(12-17(18)19)11-15-9-8-14-5-3-4-6-16(14)15/h3-12H,1-2H3/b15-11-. The first-order valence-corrected chi connectivity index (χ1v) is 6.99. The lowest BCUT2D eigenvalue weighted by Crippen LogP contribution is -2.08. The molecule has 0 aliphatic heterocycles. The predicted octanol–water partition coefficient (Wildman–Crippen LogP) is 4.97. The van der Waals surface area contributed by atoms with Crippen LogP contribution in [0, 0.1) is 0 Å².